The largest absolute Gasteiger partial charge is 0.456 e. The molecule has 0 amide bonds. The van der Waals surface area contributed by atoms with Gasteiger partial charge < -0.3 is 9.15 Å². The van der Waals surface area contributed by atoms with Gasteiger partial charge in [0.15, 0.2) is 0 Å². The molecule has 0 fully saturated rings. The second kappa shape index (κ2) is 9.10. The number of ether oxygens (including phenoxy) is 1. The van der Waals surface area contributed by atoms with Crippen molar-refractivity contribution in [3.05, 3.63) is 162 Å². The fourth-order valence-electron chi connectivity index (χ4n) is 6.80. The predicted octanol–water partition coefficient (Wildman–Crippen LogP) is 8.93. The third-order valence-corrected chi connectivity index (χ3v) is 8.61. The molecule has 1 spiro atoms. The Kier molecular flexibility index (Phi) is 5.05. The SMILES string of the molecule is c1ccc(-c2nnc(-c3ccc(-c4cccc5c4Oc4ccccc4C54c5ccccc5-c5ccccc54)nc3)o2)cc1. The molecule has 1 aliphatic heterocycles. The minimum Gasteiger partial charge on any atom is -0.456 e. The summed E-state index contributed by atoms with van der Waals surface area (Å²) < 4.78 is 12.7. The molecule has 0 N–H and O–H groups in total. The molecule has 7 aromatic rings. The van der Waals surface area contributed by atoms with Crippen molar-refractivity contribution < 1.29 is 9.15 Å². The molecule has 1 aliphatic carbocycles. The van der Waals surface area contributed by atoms with Gasteiger partial charge in [-0.15, -0.1) is 10.2 Å². The van der Waals surface area contributed by atoms with E-state index in [1.54, 1.807) is 6.20 Å². The van der Waals surface area contributed by atoms with Crippen LogP contribution in [0.5, 0.6) is 11.5 Å². The lowest BCUT2D eigenvalue weighted by Gasteiger charge is -2.40. The molecule has 0 unspecified atom stereocenters. The molecule has 5 heteroatoms. The van der Waals surface area contributed by atoms with Gasteiger partial charge in [-0.3, -0.25) is 4.98 Å². The second-order valence-corrected chi connectivity index (χ2v) is 10.8. The lowest BCUT2D eigenvalue weighted by Crippen LogP contribution is -2.32. The molecule has 3 heterocycles. The van der Waals surface area contributed by atoms with Crippen LogP contribution in [0.25, 0.3) is 45.3 Å². The summed E-state index contributed by atoms with van der Waals surface area (Å²) in [7, 11) is 0. The van der Waals surface area contributed by atoms with Crippen LogP contribution in [0.15, 0.2) is 144 Å². The minimum atomic E-state index is -0.509. The quantitative estimate of drug-likeness (QED) is 0.219. The lowest BCUT2D eigenvalue weighted by molar-refractivity contribution is 0.438. The molecule has 9 rings (SSSR count). The van der Waals surface area contributed by atoms with Gasteiger partial charge in [0.05, 0.1) is 16.7 Å². The van der Waals surface area contributed by atoms with E-state index >= 15 is 0 Å². The van der Waals surface area contributed by atoms with Gasteiger partial charge in [0, 0.05) is 28.5 Å². The van der Waals surface area contributed by atoms with Crippen molar-refractivity contribution in [2.24, 2.45) is 0 Å². The number of fused-ring (bicyclic) bond motifs is 9. The highest BCUT2D eigenvalue weighted by Gasteiger charge is 2.51. The van der Waals surface area contributed by atoms with E-state index in [1.165, 1.54) is 22.3 Å². The predicted molar refractivity (Wildman–Crippen MR) is 166 cm³/mol. The number of hydrogen-bond donors (Lipinski definition) is 0. The summed E-state index contributed by atoms with van der Waals surface area (Å²) in [6.07, 6.45) is 1.78. The molecule has 0 radical (unpaired) electrons. The normalized spacial score (nSPS) is 13.5. The summed E-state index contributed by atoms with van der Waals surface area (Å²) in [5.74, 6) is 2.57. The maximum Gasteiger partial charge on any atom is 0.249 e. The Balaban J connectivity index is 1.20. The number of benzene rings is 5. The van der Waals surface area contributed by atoms with Gasteiger partial charge in [-0.1, -0.05) is 97.1 Å². The highest BCUT2D eigenvalue weighted by molar-refractivity contribution is 5.90. The van der Waals surface area contributed by atoms with Gasteiger partial charge >= 0.3 is 0 Å². The van der Waals surface area contributed by atoms with Crippen molar-refractivity contribution in [2.45, 2.75) is 5.41 Å². The lowest BCUT2D eigenvalue weighted by atomic mass is 9.65. The maximum absolute atomic E-state index is 6.77. The van der Waals surface area contributed by atoms with Crippen LogP contribution in [0.3, 0.4) is 0 Å². The fourth-order valence-corrected chi connectivity index (χ4v) is 6.80. The van der Waals surface area contributed by atoms with Crippen LogP contribution in [0, 0.1) is 0 Å². The van der Waals surface area contributed by atoms with E-state index in [4.69, 9.17) is 14.1 Å². The molecular formula is C38H23N3O2. The maximum atomic E-state index is 6.77. The molecule has 2 aromatic heterocycles. The van der Waals surface area contributed by atoms with Crippen LogP contribution >= 0.6 is 0 Å². The second-order valence-electron chi connectivity index (χ2n) is 10.8. The zero-order valence-electron chi connectivity index (χ0n) is 22.9. The van der Waals surface area contributed by atoms with Gasteiger partial charge in [-0.2, -0.15) is 0 Å². The standard InChI is InChI=1S/C38H23N3O2/c1-2-11-24(12-3-1)36-40-41-37(43-36)25-21-22-33(39-23-25)28-15-10-19-32-35(28)42-34-20-9-8-18-31(34)38(32)29-16-6-4-13-26(29)27-14-5-7-17-30(27)38/h1-23H. The molecular weight excluding hydrogens is 530 g/mol. The van der Waals surface area contributed by atoms with Gasteiger partial charge in [0.2, 0.25) is 11.8 Å². The zero-order valence-corrected chi connectivity index (χ0v) is 22.9. The van der Waals surface area contributed by atoms with Crippen molar-refractivity contribution >= 4 is 0 Å². The van der Waals surface area contributed by atoms with Crippen LogP contribution in [0.1, 0.15) is 22.3 Å². The third kappa shape index (κ3) is 3.36. The first kappa shape index (κ1) is 23.9. The minimum absolute atomic E-state index is 0.427. The summed E-state index contributed by atoms with van der Waals surface area (Å²) in [5, 5.41) is 8.51. The summed E-state index contributed by atoms with van der Waals surface area (Å²) in [6.45, 7) is 0. The van der Waals surface area contributed by atoms with E-state index in [0.29, 0.717) is 11.8 Å². The highest BCUT2D eigenvalue weighted by atomic mass is 16.5. The first-order valence-corrected chi connectivity index (χ1v) is 14.3. The molecule has 0 saturated heterocycles. The Morgan fingerprint density at radius 3 is 1.79 bits per heavy atom. The number of rotatable bonds is 3. The number of nitrogens with zero attached hydrogens (tertiary/aromatic N) is 3. The van der Waals surface area contributed by atoms with Crippen molar-refractivity contribution in [1.29, 1.82) is 0 Å². The topological polar surface area (TPSA) is 61.0 Å². The number of hydrogen-bond acceptors (Lipinski definition) is 5. The Morgan fingerprint density at radius 1 is 0.465 bits per heavy atom. The van der Waals surface area contributed by atoms with Crippen LogP contribution in [-0.4, -0.2) is 15.2 Å². The molecule has 5 aromatic carbocycles. The van der Waals surface area contributed by atoms with Gasteiger partial charge in [-0.05, 0) is 58.7 Å². The summed E-state index contributed by atoms with van der Waals surface area (Å²) in [4.78, 5) is 4.87. The molecule has 2 aliphatic rings. The van der Waals surface area contributed by atoms with Gasteiger partial charge in [0.1, 0.15) is 11.5 Å². The zero-order chi connectivity index (χ0) is 28.4. The Hall–Kier alpha value is -5.81. The molecule has 0 atom stereocenters. The fraction of sp³-hybridized carbons (Fsp3) is 0.0263. The van der Waals surface area contributed by atoms with E-state index in [9.17, 15) is 0 Å². The number of pyridine rings is 1. The highest BCUT2D eigenvalue weighted by Crippen LogP contribution is 2.62. The van der Waals surface area contributed by atoms with E-state index in [0.717, 1.165) is 45.0 Å². The first-order chi connectivity index (χ1) is 21.3. The van der Waals surface area contributed by atoms with Crippen LogP contribution in [-0.2, 0) is 5.41 Å². The number of para-hydroxylation sites is 2. The molecule has 0 saturated carbocycles. The van der Waals surface area contributed by atoms with E-state index < -0.39 is 5.41 Å². The smallest absolute Gasteiger partial charge is 0.249 e. The average molecular weight is 554 g/mol. The molecule has 0 bridgehead atoms. The Morgan fingerprint density at radius 2 is 1.07 bits per heavy atom. The van der Waals surface area contributed by atoms with Crippen molar-refractivity contribution in [2.75, 3.05) is 0 Å². The van der Waals surface area contributed by atoms with Crippen molar-refractivity contribution in [3.8, 4) is 56.8 Å². The summed E-state index contributed by atoms with van der Waals surface area (Å²) in [5.41, 5.74) is 10.1. The average Bonchev–Trinajstić information content (AvgIpc) is 3.68. The van der Waals surface area contributed by atoms with Crippen LogP contribution in [0.2, 0.25) is 0 Å². The van der Waals surface area contributed by atoms with Crippen molar-refractivity contribution in [3.63, 3.8) is 0 Å². The summed E-state index contributed by atoms with van der Waals surface area (Å²) >= 11 is 0. The van der Waals surface area contributed by atoms with Crippen molar-refractivity contribution in [1.82, 2.24) is 15.2 Å². The molecule has 5 nitrogen and oxygen atoms in total. The summed E-state index contributed by atoms with van der Waals surface area (Å²) in [6, 6.07) is 46.0. The van der Waals surface area contributed by atoms with E-state index in [2.05, 4.69) is 95.1 Å². The van der Waals surface area contributed by atoms with Gasteiger partial charge in [-0.25, -0.2) is 0 Å². The first-order valence-electron chi connectivity index (χ1n) is 14.3. The Labute approximate surface area is 248 Å². The Bertz CT molecular complexity index is 2120. The van der Waals surface area contributed by atoms with E-state index in [-0.39, 0.29) is 0 Å². The monoisotopic (exact) mass is 553 g/mol. The van der Waals surface area contributed by atoms with Gasteiger partial charge in [0.25, 0.3) is 0 Å². The van der Waals surface area contributed by atoms with Crippen LogP contribution in [0.4, 0.5) is 0 Å². The van der Waals surface area contributed by atoms with Crippen LogP contribution < -0.4 is 4.74 Å². The van der Waals surface area contributed by atoms with E-state index in [1.807, 2.05) is 48.5 Å². The molecule has 202 valence electrons. The molecule has 43 heavy (non-hydrogen) atoms. The third-order valence-electron chi connectivity index (χ3n) is 8.61. The number of aromatic nitrogens is 3.